The minimum Gasteiger partial charge on any atom is -0.505 e. The lowest BCUT2D eigenvalue weighted by Crippen LogP contribution is -2.21. The summed E-state index contributed by atoms with van der Waals surface area (Å²) in [5.74, 6) is -0.942. The molecule has 0 fully saturated rings. The van der Waals surface area contributed by atoms with Crippen LogP contribution in [-0.4, -0.2) is 44.8 Å². The molecule has 2 aromatic carbocycles. The number of phenolic OH excluding ortho intramolecular Hbond substituents is 1. The van der Waals surface area contributed by atoms with E-state index in [2.05, 4.69) is 22.8 Å². The molecule has 4 rings (SSSR count). The highest BCUT2D eigenvalue weighted by Gasteiger charge is 2.25. The smallest absolute Gasteiger partial charge is 0.257 e. The molecule has 178 valence electrons. The van der Waals surface area contributed by atoms with Gasteiger partial charge in [0.2, 0.25) is 11.8 Å². The molecule has 0 spiro atoms. The van der Waals surface area contributed by atoms with Crippen molar-refractivity contribution < 1.29 is 20.1 Å². The van der Waals surface area contributed by atoms with Crippen LogP contribution >= 0.6 is 0 Å². The van der Waals surface area contributed by atoms with Crippen molar-refractivity contribution in [3.63, 3.8) is 0 Å². The second kappa shape index (κ2) is 9.43. The summed E-state index contributed by atoms with van der Waals surface area (Å²) in [5, 5.41) is 38.7. The zero-order valence-electron chi connectivity index (χ0n) is 19.6. The van der Waals surface area contributed by atoms with Gasteiger partial charge in [-0.15, -0.1) is 0 Å². The number of amides is 1. The molecular formula is C26H30N4O4. The van der Waals surface area contributed by atoms with Crippen LogP contribution in [0.1, 0.15) is 41.6 Å². The minimum atomic E-state index is -0.348. The van der Waals surface area contributed by atoms with E-state index in [9.17, 15) is 20.1 Å². The van der Waals surface area contributed by atoms with Crippen LogP contribution in [0.25, 0.3) is 5.57 Å². The van der Waals surface area contributed by atoms with E-state index >= 15 is 0 Å². The van der Waals surface area contributed by atoms with Crippen LogP contribution in [0.2, 0.25) is 0 Å². The van der Waals surface area contributed by atoms with E-state index in [0.29, 0.717) is 5.69 Å². The Bertz CT molecular complexity index is 1250. The first-order chi connectivity index (χ1) is 16.3. The van der Waals surface area contributed by atoms with E-state index in [1.54, 1.807) is 33.3 Å². The zero-order valence-corrected chi connectivity index (χ0v) is 19.6. The second-order valence-corrected chi connectivity index (χ2v) is 8.64. The van der Waals surface area contributed by atoms with Crippen molar-refractivity contribution >= 4 is 28.5 Å². The van der Waals surface area contributed by atoms with Gasteiger partial charge in [-0.05, 0) is 49.0 Å². The molecule has 1 heterocycles. The molecule has 0 aliphatic heterocycles. The van der Waals surface area contributed by atoms with Gasteiger partial charge in [-0.2, -0.15) is 0 Å². The van der Waals surface area contributed by atoms with E-state index in [1.807, 2.05) is 18.2 Å². The van der Waals surface area contributed by atoms with Crippen LogP contribution in [0.4, 0.5) is 17.1 Å². The lowest BCUT2D eigenvalue weighted by Gasteiger charge is -2.23. The number of nitrogens with one attached hydrogen (secondary N) is 2. The molecule has 1 aliphatic carbocycles. The first-order valence-corrected chi connectivity index (χ1v) is 11.2. The van der Waals surface area contributed by atoms with Crippen molar-refractivity contribution in [2.24, 2.45) is 7.05 Å². The van der Waals surface area contributed by atoms with E-state index < -0.39 is 0 Å². The fourth-order valence-corrected chi connectivity index (χ4v) is 4.24. The van der Waals surface area contributed by atoms with Crippen molar-refractivity contribution in [3.05, 3.63) is 65.4 Å². The Labute approximate surface area is 198 Å². The zero-order chi connectivity index (χ0) is 24.4. The maximum Gasteiger partial charge on any atom is 0.257 e. The number of allylic oxidation sites excluding steroid dienone is 2. The topological polar surface area (TPSA) is 110 Å². The molecule has 1 aromatic heterocycles. The predicted octanol–water partition coefficient (Wildman–Crippen LogP) is 4.98. The lowest BCUT2D eigenvalue weighted by atomic mass is 9.91. The van der Waals surface area contributed by atoms with Crippen LogP contribution in [0.5, 0.6) is 17.5 Å². The number of carbonyl (C=O) groups is 1. The third-order valence-electron chi connectivity index (χ3n) is 6.13. The number of benzene rings is 2. The third-order valence-corrected chi connectivity index (χ3v) is 6.13. The highest BCUT2D eigenvalue weighted by atomic mass is 16.3. The van der Waals surface area contributed by atoms with Gasteiger partial charge in [0.15, 0.2) is 5.75 Å². The number of carbonyl (C=O) groups excluding carboxylic acids is 1. The Hall–Kier alpha value is -4.07. The number of hydrogen-bond acceptors (Lipinski definition) is 6. The fourth-order valence-electron chi connectivity index (χ4n) is 4.24. The number of nitrogens with zero attached hydrogens (tertiary/aromatic N) is 2. The second-order valence-electron chi connectivity index (χ2n) is 8.64. The molecule has 0 saturated carbocycles. The molecule has 3 aromatic rings. The molecule has 1 aliphatic rings. The Kier molecular flexibility index (Phi) is 6.40. The number of rotatable bonds is 6. The number of aromatic nitrogens is 1. The summed E-state index contributed by atoms with van der Waals surface area (Å²) in [6.07, 6.45) is 3.80. The molecule has 0 bridgehead atoms. The SMILES string of the molecule is CN(C)C(=O)c1cccc(Nc2c(NC3=C(c4ccccc4)CCCC3)c(O)n(C)c2O)c1O. The Morgan fingerprint density at radius 3 is 2.21 bits per heavy atom. The summed E-state index contributed by atoms with van der Waals surface area (Å²) in [7, 11) is 4.75. The van der Waals surface area contributed by atoms with Crippen LogP contribution in [0.15, 0.2) is 54.2 Å². The molecule has 0 radical (unpaired) electrons. The standard InChI is InChI=1S/C26H30N4O4/c1-29(2)24(32)18-13-9-15-20(23(18)31)28-22-21(25(33)30(3)26(22)34)27-19-14-8-7-12-17(19)16-10-5-4-6-11-16/h4-6,9-11,13,15,27-28,31,33-34H,7-8,12,14H2,1-3H3. The molecule has 0 saturated heterocycles. The van der Waals surface area contributed by atoms with Gasteiger partial charge in [0.1, 0.15) is 11.4 Å². The largest absolute Gasteiger partial charge is 0.505 e. The first kappa shape index (κ1) is 23.1. The van der Waals surface area contributed by atoms with E-state index in [-0.39, 0.29) is 40.4 Å². The van der Waals surface area contributed by atoms with E-state index in [1.165, 1.54) is 21.1 Å². The Balaban J connectivity index is 1.75. The van der Waals surface area contributed by atoms with E-state index in [4.69, 9.17) is 0 Å². The van der Waals surface area contributed by atoms with Gasteiger partial charge in [0.25, 0.3) is 5.91 Å². The molecule has 0 atom stereocenters. The Morgan fingerprint density at radius 1 is 0.882 bits per heavy atom. The molecule has 8 heteroatoms. The number of phenols is 1. The maximum atomic E-state index is 12.4. The van der Waals surface area contributed by atoms with Crippen LogP contribution in [0.3, 0.4) is 0 Å². The highest BCUT2D eigenvalue weighted by molar-refractivity contribution is 5.99. The summed E-state index contributed by atoms with van der Waals surface area (Å²) in [6, 6.07) is 14.9. The van der Waals surface area contributed by atoms with Gasteiger partial charge < -0.3 is 30.9 Å². The summed E-state index contributed by atoms with van der Waals surface area (Å²) in [6.45, 7) is 0. The van der Waals surface area contributed by atoms with Crippen LogP contribution in [-0.2, 0) is 7.05 Å². The van der Waals surface area contributed by atoms with Crippen molar-refractivity contribution in [1.29, 1.82) is 0 Å². The van der Waals surface area contributed by atoms with Crippen molar-refractivity contribution in [2.75, 3.05) is 24.7 Å². The molecule has 34 heavy (non-hydrogen) atoms. The van der Waals surface area contributed by atoms with Crippen molar-refractivity contribution in [1.82, 2.24) is 9.47 Å². The molecular weight excluding hydrogens is 432 g/mol. The van der Waals surface area contributed by atoms with Crippen LogP contribution < -0.4 is 10.6 Å². The number of aromatic hydroxyl groups is 3. The third kappa shape index (κ3) is 4.26. The highest BCUT2D eigenvalue weighted by Crippen LogP contribution is 2.47. The quantitative estimate of drug-likeness (QED) is 0.330. The molecule has 5 N–H and O–H groups in total. The van der Waals surface area contributed by atoms with Gasteiger partial charge in [0.05, 0.1) is 11.3 Å². The molecule has 1 amide bonds. The summed E-state index contributed by atoms with van der Waals surface area (Å²) >= 11 is 0. The first-order valence-electron chi connectivity index (χ1n) is 11.2. The van der Waals surface area contributed by atoms with Gasteiger partial charge in [-0.1, -0.05) is 36.4 Å². The van der Waals surface area contributed by atoms with Crippen molar-refractivity contribution in [2.45, 2.75) is 25.7 Å². The monoisotopic (exact) mass is 462 g/mol. The molecule has 0 unspecified atom stereocenters. The van der Waals surface area contributed by atoms with Gasteiger partial charge >= 0.3 is 0 Å². The summed E-state index contributed by atoms with van der Waals surface area (Å²) < 4.78 is 1.25. The van der Waals surface area contributed by atoms with Crippen molar-refractivity contribution in [3.8, 4) is 17.5 Å². The van der Waals surface area contributed by atoms with Gasteiger partial charge in [-0.25, -0.2) is 0 Å². The van der Waals surface area contributed by atoms with Gasteiger partial charge in [-0.3, -0.25) is 9.36 Å². The summed E-state index contributed by atoms with van der Waals surface area (Å²) in [5.41, 5.74) is 4.13. The predicted molar refractivity (Wildman–Crippen MR) is 134 cm³/mol. The number of anilines is 3. The van der Waals surface area contributed by atoms with Gasteiger partial charge in [0, 0.05) is 26.8 Å². The van der Waals surface area contributed by atoms with Crippen LogP contribution in [0, 0.1) is 0 Å². The fraction of sp³-hybridized carbons (Fsp3) is 0.269. The number of hydrogen-bond donors (Lipinski definition) is 5. The van der Waals surface area contributed by atoms with E-state index in [0.717, 1.165) is 36.9 Å². The Morgan fingerprint density at radius 2 is 1.53 bits per heavy atom. The molecule has 8 nitrogen and oxygen atoms in total. The average Bonchev–Trinajstić information content (AvgIpc) is 3.04. The number of para-hydroxylation sites is 1. The minimum absolute atomic E-state index is 0.130. The average molecular weight is 463 g/mol. The lowest BCUT2D eigenvalue weighted by molar-refractivity contribution is 0.0824. The summed E-state index contributed by atoms with van der Waals surface area (Å²) in [4.78, 5) is 13.8. The normalized spacial score (nSPS) is 13.6. The maximum absolute atomic E-state index is 12.4.